The second-order valence-electron chi connectivity index (χ2n) is 11.2. The van der Waals surface area contributed by atoms with E-state index in [9.17, 15) is 18.0 Å². The van der Waals surface area contributed by atoms with Gasteiger partial charge in [-0.2, -0.15) is 0 Å². The van der Waals surface area contributed by atoms with Crippen LogP contribution in [-0.2, 0) is 32.6 Å². The third-order valence-corrected chi connectivity index (χ3v) is 9.21. The highest BCUT2D eigenvalue weighted by Crippen LogP contribution is 2.33. The maximum Gasteiger partial charge on any atom is 0.264 e. The molecule has 0 spiro atoms. The van der Waals surface area contributed by atoms with Crippen LogP contribution in [0.25, 0.3) is 0 Å². The van der Waals surface area contributed by atoms with Crippen LogP contribution in [0.15, 0.2) is 114 Å². The molecule has 0 saturated carbocycles. The molecule has 0 bridgehead atoms. The van der Waals surface area contributed by atoms with E-state index in [1.165, 1.54) is 31.3 Å². The summed E-state index contributed by atoms with van der Waals surface area (Å²) < 4.78 is 40.3. The van der Waals surface area contributed by atoms with E-state index in [2.05, 4.69) is 5.32 Å². The molecule has 0 saturated heterocycles. The first-order valence-electron chi connectivity index (χ1n) is 15.1. The molecule has 0 aromatic heterocycles. The Morgan fingerprint density at radius 3 is 1.93 bits per heavy atom. The van der Waals surface area contributed by atoms with Crippen LogP contribution in [-0.4, -0.2) is 58.5 Å². The lowest BCUT2D eigenvalue weighted by molar-refractivity contribution is -0.140. The van der Waals surface area contributed by atoms with Crippen molar-refractivity contribution in [3.8, 4) is 11.5 Å². The first-order valence-corrected chi connectivity index (χ1v) is 16.5. The third-order valence-electron chi connectivity index (χ3n) is 7.43. The van der Waals surface area contributed by atoms with Gasteiger partial charge in [-0.3, -0.25) is 13.9 Å². The zero-order valence-electron chi connectivity index (χ0n) is 26.6. The Kier molecular flexibility index (Phi) is 11.8. The molecule has 10 heteroatoms. The first kappa shape index (κ1) is 34.1. The Labute approximate surface area is 271 Å². The first-order chi connectivity index (χ1) is 22.1. The van der Waals surface area contributed by atoms with Crippen molar-refractivity contribution in [2.45, 2.75) is 37.8 Å². The number of hydrogen-bond donors (Lipinski definition) is 1. The maximum atomic E-state index is 14.6. The van der Waals surface area contributed by atoms with Crippen molar-refractivity contribution in [1.29, 1.82) is 0 Å². The Hall–Kier alpha value is -4.83. The minimum atomic E-state index is -4.29. The van der Waals surface area contributed by atoms with Gasteiger partial charge in [0.2, 0.25) is 11.8 Å². The maximum absolute atomic E-state index is 14.6. The molecule has 0 heterocycles. The van der Waals surface area contributed by atoms with Crippen LogP contribution in [0.1, 0.15) is 25.0 Å². The number of nitrogens with zero attached hydrogens (tertiary/aromatic N) is 2. The van der Waals surface area contributed by atoms with Gasteiger partial charge in [0.15, 0.2) is 0 Å². The number of ether oxygens (including phenoxy) is 2. The molecule has 4 rings (SSSR count). The average Bonchev–Trinajstić information content (AvgIpc) is 3.08. The number of methoxy groups -OCH3 is 2. The highest BCUT2D eigenvalue weighted by molar-refractivity contribution is 7.92. The number of rotatable bonds is 15. The van der Waals surface area contributed by atoms with Crippen molar-refractivity contribution < 1.29 is 27.5 Å². The van der Waals surface area contributed by atoms with E-state index in [-0.39, 0.29) is 41.1 Å². The molecule has 2 amide bonds. The van der Waals surface area contributed by atoms with Gasteiger partial charge in [-0.1, -0.05) is 86.6 Å². The number of nitrogens with one attached hydrogen (secondary N) is 1. The normalized spacial score (nSPS) is 11.8. The van der Waals surface area contributed by atoms with E-state index in [1.54, 1.807) is 36.4 Å². The van der Waals surface area contributed by atoms with Crippen LogP contribution >= 0.6 is 0 Å². The van der Waals surface area contributed by atoms with Gasteiger partial charge in [-0.25, -0.2) is 8.42 Å². The van der Waals surface area contributed by atoms with E-state index in [1.807, 2.05) is 74.5 Å². The molecule has 46 heavy (non-hydrogen) atoms. The summed E-state index contributed by atoms with van der Waals surface area (Å²) in [7, 11) is -1.36. The largest absolute Gasteiger partial charge is 0.497 e. The average molecular weight is 644 g/mol. The van der Waals surface area contributed by atoms with Crippen LogP contribution < -0.4 is 19.1 Å². The fraction of sp³-hybridized carbons (Fsp3) is 0.278. The minimum absolute atomic E-state index is 0.0304. The minimum Gasteiger partial charge on any atom is -0.497 e. The number of carbonyl (C=O) groups excluding carboxylic acids is 2. The molecule has 1 N–H and O–H groups in total. The summed E-state index contributed by atoms with van der Waals surface area (Å²) in [4.78, 5) is 29.9. The SMILES string of the molecule is COc1ccc(S(=O)(=O)N(CC(=O)N(Cc2ccccc2)C(Cc2ccccc2)C(=O)NCC(C)C)c2ccccc2OC)cc1. The van der Waals surface area contributed by atoms with Crippen molar-refractivity contribution in [3.05, 3.63) is 120 Å². The number of sulfonamides is 1. The van der Waals surface area contributed by atoms with Crippen molar-refractivity contribution in [3.63, 3.8) is 0 Å². The predicted molar refractivity (Wildman–Crippen MR) is 179 cm³/mol. The molecular formula is C36H41N3O6S. The molecule has 4 aromatic carbocycles. The van der Waals surface area contributed by atoms with E-state index >= 15 is 0 Å². The van der Waals surface area contributed by atoms with E-state index < -0.39 is 28.5 Å². The van der Waals surface area contributed by atoms with Crippen LogP contribution in [0.5, 0.6) is 11.5 Å². The van der Waals surface area contributed by atoms with Gasteiger partial charge < -0.3 is 19.7 Å². The van der Waals surface area contributed by atoms with Gasteiger partial charge in [-0.05, 0) is 53.4 Å². The summed E-state index contributed by atoms with van der Waals surface area (Å²) in [5.41, 5.74) is 1.86. The van der Waals surface area contributed by atoms with Crippen molar-refractivity contribution in [1.82, 2.24) is 10.2 Å². The molecule has 0 radical (unpaired) electrons. The second-order valence-corrected chi connectivity index (χ2v) is 13.1. The Morgan fingerprint density at radius 1 is 0.761 bits per heavy atom. The topological polar surface area (TPSA) is 105 Å². The second kappa shape index (κ2) is 15.9. The fourth-order valence-corrected chi connectivity index (χ4v) is 6.41. The van der Waals surface area contributed by atoms with Crippen molar-refractivity contribution in [2.75, 3.05) is 31.6 Å². The molecule has 1 unspecified atom stereocenters. The lowest BCUT2D eigenvalue weighted by Crippen LogP contribution is -2.53. The van der Waals surface area contributed by atoms with E-state index in [4.69, 9.17) is 9.47 Å². The quantitative estimate of drug-likeness (QED) is 0.188. The monoisotopic (exact) mass is 643 g/mol. The summed E-state index contributed by atoms with van der Waals surface area (Å²) in [6.45, 7) is 3.93. The number of hydrogen-bond acceptors (Lipinski definition) is 6. The molecule has 0 aliphatic heterocycles. The third kappa shape index (κ3) is 8.66. The molecule has 1 atom stereocenters. The lowest BCUT2D eigenvalue weighted by atomic mass is 10.0. The van der Waals surface area contributed by atoms with Gasteiger partial charge in [0, 0.05) is 19.5 Å². The van der Waals surface area contributed by atoms with E-state index in [0.29, 0.717) is 12.3 Å². The van der Waals surface area contributed by atoms with Gasteiger partial charge in [0.25, 0.3) is 10.0 Å². The number of carbonyl (C=O) groups is 2. The Bertz CT molecular complexity index is 1680. The van der Waals surface area contributed by atoms with Crippen molar-refractivity contribution >= 4 is 27.5 Å². The van der Waals surface area contributed by atoms with Crippen LogP contribution in [0.3, 0.4) is 0 Å². The van der Waals surface area contributed by atoms with Crippen LogP contribution in [0.2, 0.25) is 0 Å². The Balaban J connectivity index is 1.81. The molecule has 4 aromatic rings. The predicted octanol–water partition coefficient (Wildman–Crippen LogP) is 5.31. The van der Waals surface area contributed by atoms with E-state index in [0.717, 1.165) is 15.4 Å². The summed E-state index contributed by atoms with van der Waals surface area (Å²) >= 11 is 0. The Morgan fingerprint density at radius 2 is 1.35 bits per heavy atom. The molecule has 0 aliphatic rings. The smallest absolute Gasteiger partial charge is 0.264 e. The summed E-state index contributed by atoms with van der Waals surface area (Å²) in [5, 5.41) is 3.00. The van der Waals surface area contributed by atoms with Crippen LogP contribution in [0, 0.1) is 5.92 Å². The molecule has 9 nitrogen and oxygen atoms in total. The zero-order valence-corrected chi connectivity index (χ0v) is 27.4. The summed E-state index contributed by atoms with van der Waals surface area (Å²) in [6, 6.07) is 30.5. The van der Waals surface area contributed by atoms with Gasteiger partial charge in [0.1, 0.15) is 24.1 Å². The summed E-state index contributed by atoms with van der Waals surface area (Å²) in [5.74, 6) is 0.0908. The number of benzene rings is 4. The zero-order chi connectivity index (χ0) is 33.1. The molecular weight excluding hydrogens is 602 g/mol. The van der Waals surface area contributed by atoms with Gasteiger partial charge >= 0.3 is 0 Å². The standard InChI is InChI=1S/C36H41N3O6S/c1-27(2)24-37-36(41)33(23-28-13-7-5-8-14-28)38(25-29-15-9-6-10-16-29)35(40)26-39(32-17-11-12-18-34(32)45-4)46(42,43)31-21-19-30(44-3)20-22-31/h5-22,27,33H,23-26H2,1-4H3,(H,37,41). The highest BCUT2D eigenvalue weighted by atomic mass is 32.2. The number of para-hydroxylation sites is 2. The number of amides is 2. The number of anilines is 1. The van der Waals surface area contributed by atoms with Crippen LogP contribution in [0.4, 0.5) is 5.69 Å². The van der Waals surface area contributed by atoms with Gasteiger partial charge in [-0.15, -0.1) is 0 Å². The summed E-state index contributed by atoms with van der Waals surface area (Å²) in [6.07, 6.45) is 0.239. The molecule has 0 fully saturated rings. The highest BCUT2D eigenvalue weighted by Gasteiger charge is 2.35. The van der Waals surface area contributed by atoms with Gasteiger partial charge in [0.05, 0.1) is 24.8 Å². The molecule has 0 aliphatic carbocycles. The molecule has 242 valence electrons. The van der Waals surface area contributed by atoms with Crippen molar-refractivity contribution in [2.24, 2.45) is 5.92 Å². The fourth-order valence-electron chi connectivity index (χ4n) is 4.98. The lowest BCUT2D eigenvalue weighted by Gasteiger charge is -2.34.